The highest BCUT2D eigenvalue weighted by Crippen LogP contribution is 2.33. The quantitative estimate of drug-likeness (QED) is 0.739. The molecule has 2 aliphatic rings. The molecule has 0 unspecified atom stereocenters. The maximum Gasteiger partial charge on any atom is 0.329 e. The summed E-state index contributed by atoms with van der Waals surface area (Å²) in [5.74, 6) is -0.864. The van der Waals surface area contributed by atoms with Crippen LogP contribution in [0.15, 0.2) is 0 Å². The first-order valence-electron chi connectivity index (χ1n) is 5.69. The molecule has 2 N–H and O–H groups in total. The predicted octanol–water partition coefficient (Wildman–Crippen LogP) is 1.30. The first-order valence-corrected chi connectivity index (χ1v) is 5.69. The molecule has 1 amide bonds. The molecule has 0 heterocycles. The molecule has 15 heavy (non-hydrogen) atoms. The lowest BCUT2D eigenvalue weighted by atomic mass is 9.76. The van der Waals surface area contributed by atoms with Crippen LogP contribution in [0.4, 0.5) is 0 Å². The van der Waals surface area contributed by atoms with Gasteiger partial charge in [0, 0.05) is 5.92 Å². The Morgan fingerprint density at radius 1 is 1.13 bits per heavy atom. The van der Waals surface area contributed by atoms with E-state index in [0.29, 0.717) is 12.8 Å². The Labute approximate surface area is 89.0 Å². The standard InChI is InChI=1S/C11H17NO3/c13-9(8-4-1-2-5-8)12-11(10(14)15)6-3-7-11/h8H,1-7H2,(H,12,13)(H,14,15). The summed E-state index contributed by atoms with van der Waals surface area (Å²) in [6.45, 7) is 0. The summed E-state index contributed by atoms with van der Waals surface area (Å²) in [5, 5.41) is 11.8. The number of aliphatic carboxylic acids is 1. The first kappa shape index (κ1) is 10.5. The van der Waals surface area contributed by atoms with E-state index in [1.165, 1.54) is 0 Å². The summed E-state index contributed by atoms with van der Waals surface area (Å²) in [5.41, 5.74) is -0.931. The van der Waals surface area contributed by atoms with Crippen molar-refractivity contribution in [2.24, 2.45) is 5.92 Å². The Balaban J connectivity index is 1.94. The average Bonchev–Trinajstić information content (AvgIpc) is 2.62. The van der Waals surface area contributed by atoms with Crippen LogP contribution in [-0.2, 0) is 9.59 Å². The normalized spacial score (nSPS) is 24.5. The van der Waals surface area contributed by atoms with Crippen LogP contribution in [0.5, 0.6) is 0 Å². The summed E-state index contributed by atoms with van der Waals surface area (Å²) in [7, 11) is 0. The van der Waals surface area contributed by atoms with Crippen molar-refractivity contribution in [2.45, 2.75) is 50.5 Å². The van der Waals surface area contributed by atoms with Gasteiger partial charge in [-0.05, 0) is 32.1 Å². The fraction of sp³-hybridized carbons (Fsp3) is 0.818. The third kappa shape index (κ3) is 1.85. The molecule has 2 saturated carbocycles. The molecular weight excluding hydrogens is 194 g/mol. The minimum atomic E-state index is -0.931. The molecule has 0 spiro atoms. The maximum absolute atomic E-state index is 11.8. The summed E-state index contributed by atoms with van der Waals surface area (Å²) >= 11 is 0. The second-order valence-corrected chi connectivity index (χ2v) is 4.71. The molecule has 0 saturated heterocycles. The molecule has 84 valence electrons. The molecule has 0 aromatic heterocycles. The molecule has 2 fully saturated rings. The predicted molar refractivity (Wildman–Crippen MR) is 54.3 cm³/mol. The van der Waals surface area contributed by atoms with Crippen molar-refractivity contribution in [3.63, 3.8) is 0 Å². The lowest BCUT2D eigenvalue weighted by Crippen LogP contribution is -2.60. The molecule has 4 nitrogen and oxygen atoms in total. The third-order valence-electron chi connectivity index (χ3n) is 3.70. The molecule has 0 aromatic carbocycles. The number of carboxylic acid groups (broad SMARTS) is 1. The SMILES string of the molecule is O=C(NC1(C(=O)O)CCC1)C1CCCC1. The lowest BCUT2D eigenvalue weighted by molar-refractivity contribution is -0.152. The van der Waals surface area contributed by atoms with E-state index in [9.17, 15) is 9.59 Å². The minimum absolute atomic E-state index is 0.0467. The fourth-order valence-corrected chi connectivity index (χ4v) is 2.45. The van der Waals surface area contributed by atoms with Crippen molar-refractivity contribution in [1.29, 1.82) is 0 Å². The molecule has 0 bridgehead atoms. The first-order chi connectivity index (χ1) is 7.14. The van der Waals surface area contributed by atoms with E-state index in [4.69, 9.17) is 5.11 Å². The molecule has 0 radical (unpaired) electrons. The second kappa shape index (κ2) is 3.83. The van der Waals surface area contributed by atoms with Crippen LogP contribution >= 0.6 is 0 Å². The van der Waals surface area contributed by atoms with E-state index in [2.05, 4.69) is 5.32 Å². The van der Waals surface area contributed by atoms with Gasteiger partial charge in [0.2, 0.25) is 5.91 Å². The van der Waals surface area contributed by atoms with E-state index in [1.54, 1.807) is 0 Å². The van der Waals surface area contributed by atoms with Crippen LogP contribution < -0.4 is 5.32 Å². The molecule has 4 heteroatoms. The maximum atomic E-state index is 11.8. The number of carbonyl (C=O) groups excluding carboxylic acids is 1. The van der Waals surface area contributed by atoms with E-state index < -0.39 is 11.5 Å². The van der Waals surface area contributed by atoms with Crippen molar-refractivity contribution in [3.8, 4) is 0 Å². The third-order valence-corrected chi connectivity index (χ3v) is 3.70. The fourth-order valence-electron chi connectivity index (χ4n) is 2.45. The van der Waals surface area contributed by atoms with Crippen molar-refractivity contribution < 1.29 is 14.7 Å². The number of carbonyl (C=O) groups is 2. The van der Waals surface area contributed by atoms with Gasteiger partial charge in [-0.25, -0.2) is 4.79 Å². The average molecular weight is 211 g/mol. The van der Waals surface area contributed by atoms with Crippen molar-refractivity contribution in [3.05, 3.63) is 0 Å². The van der Waals surface area contributed by atoms with Crippen LogP contribution in [-0.4, -0.2) is 22.5 Å². The number of nitrogens with one attached hydrogen (secondary N) is 1. The van der Waals surface area contributed by atoms with Crippen molar-refractivity contribution in [2.75, 3.05) is 0 Å². The van der Waals surface area contributed by atoms with E-state index in [1.807, 2.05) is 0 Å². The van der Waals surface area contributed by atoms with Crippen LogP contribution in [0.3, 0.4) is 0 Å². The Hall–Kier alpha value is -1.06. The molecule has 0 aliphatic heterocycles. The minimum Gasteiger partial charge on any atom is -0.480 e. The number of rotatable bonds is 3. The summed E-state index contributed by atoms with van der Waals surface area (Å²) in [4.78, 5) is 22.8. The highest BCUT2D eigenvalue weighted by molar-refractivity contribution is 5.88. The van der Waals surface area contributed by atoms with Gasteiger partial charge in [0.05, 0.1) is 0 Å². The Morgan fingerprint density at radius 3 is 2.13 bits per heavy atom. The van der Waals surface area contributed by atoms with Crippen LogP contribution in [0.2, 0.25) is 0 Å². The number of hydrogen-bond acceptors (Lipinski definition) is 2. The van der Waals surface area contributed by atoms with Gasteiger partial charge in [0.1, 0.15) is 5.54 Å². The summed E-state index contributed by atoms with van der Waals surface area (Å²) in [6.07, 6.45) is 6.10. The molecule has 0 aromatic rings. The smallest absolute Gasteiger partial charge is 0.329 e. The zero-order valence-electron chi connectivity index (χ0n) is 8.79. The molecule has 0 atom stereocenters. The second-order valence-electron chi connectivity index (χ2n) is 4.71. The number of amides is 1. The topological polar surface area (TPSA) is 66.4 Å². The van der Waals surface area contributed by atoms with Crippen LogP contribution in [0.1, 0.15) is 44.9 Å². The van der Waals surface area contributed by atoms with Gasteiger partial charge in [-0.1, -0.05) is 12.8 Å². The summed E-state index contributed by atoms with van der Waals surface area (Å²) < 4.78 is 0. The van der Waals surface area contributed by atoms with Crippen molar-refractivity contribution >= 4 is 11.9 Å². The molecule has 2 aliphatic carbocycles. The lowest BCUT2D eigenvalue weighted by Gasteiger charge is -2.38. The van der Waals surface area contributed by atoms with Gasteiger partial charge in [-0.15, -0.1) is 0 Å². The Bertz CT molecular complexity index is 278. The summed E-state index contributed by atoms with van der Waals surface area (Å²) in [6, 6.07) is 0. The van der Waals surface area contributed by atoms with Gasteiger partial charge in [0.15, 0.2) is 0 Å². The van der Waals surface area contributed by atoms with E-state index in [0.717, 1.165) is 32.1 Å². The van der Waals surface area contributed by atoms with Crippen molar-refractivity contribution in [1.82, 2.24) is 5.32 Å². The zero-order chi connectivity index (χ0) is 10.9. The van der Waals surface area contributed by atoms with Gasteiger partial charge < -0.3 is 10.4 Å². The molecule has 2 rings (SSSR count). The van der Waals surface area contributed by atoms with Gasteiger partial charge in [0.25, 0.3) is 0 Å². The van der Waals surface area contributed by atoms with E-state index in [-0.39, 0.29) is 11.8 Å². The number of hydrogen-bond donors (Lipinski definition) is 2. The highest BCUT2D eigenvalue weighted by atomic mass is 16.4. The van der Waals surface area contributed by atoms with Crippen LogP contribution in [0.25, 0.3) is 0 Å². The van der Waals surface area contributed by atoms with Gasteiger partial charge in [-0.2, -0.15) is 0 Å². The Morgan fingerprint density at radius 2 is 1.73 bits per heavy atom. The van der Waals surface area contributed by atoms with Crippen LogP contribution in [0, 0.1) is 5.92 Å². The highest BCUT2D eigenvalue weighted by Gasteiger charge is 2.46. The van der Waals surface area contributed by atoms with E-state index >= 15 is 0 Å². The zero-order valence-corrected chi connectivity index (χ0v) is 8.79. The monoisotopic (exact) mass is 211 g/mol. The largest absolute Gasteiger partial charge is 0.480 e. The number of carboxylic acids is 1. The Kier molecular flexibility index (Phi) is 2.67. The molecular formula is C11H17NO3. The van der Waals surface area contributed by atoms with Gasteiger partial charge in [-0.3, -0.25) is 4.79 Å². The van der Waals surface area contributed by atoms with Gasteiger partial charge >= 0.3 is 5.97 Å².